The van der Waals surface area contributed by atoms with E-state index < -0.39 is 42.3 Å². The van der Waals surface area contributed by atoms with E-state index in [4.69, 9.17) is 14.6 Å². The quantitative estimate of drug-likeness (QED) is 0.0967. The van der Waals surface area contributed by atoms with Crippen LogP contribution in [0, 0.1) is 23.7 Å². The molecular formula is C45H73N7O8S. The first-order chi connectivity index (χ1) is 29.0. The summed E-state index contributed by atoms with van der Waals surface area (Å²) in [4.78, 5) is 77.5. The highest BCUT2D eigenvalue weighted by Gasteiger charge is 2.43. The van der Waals surface area contributed by atoms with Crippen molar-refractivity contribution in [1.82, 2.24) is 35.6 Å². The number of thiazole rings is 1. The van der Waals surface area contributed by atoms with Gasteiger partial charge in [0, 0.05) is 52.5 Å². The summed E-state index contributed by atoms with van der Waals surface area (Å²) in [6, 6.07) is 7.41. The lowest BCUT2D eigenvalue weighted by molar-refractivity contribution is -0.148. The van der Waals surface area contributed by atoms with E-state index in [0.717, 1.165) is 17.0 Å². The molecule has 4 N–H and O–H groups in total. The summed E-state index contributed by atoms with van der Waals surface area (Å²) >= 11 is 1.49. The molecule has 2 heterocycles. The molecule has 16 heteroatoms. The molecule has 1 aromatic heterocycles. The fourth-order valence-electron chi connectivity index (χ4n) is 8.71. The average molecular weight is 872 g/mol. The molecule has 1 aliphatic rings. The number of amides is 5. The molecule has 9 atom stereocenters. The van der Waals surface area contributed by atoms with Gasteiger partial charge in [0.2, 0.25) is 23.6 Å². The standard InChI is InChI=1S/C45H73N7O8S/c1-12-30(6)39(51(9)44(56)37(28(2)3)49-42(55)38(29(4)5)50(8)23-17-21-47-45(57)58)35(59-10)27-36(53)52-24-16-20-34(52)40(60-11)31(7)41(54)48-33(43-46-22-25-61-43)26-32-18-14-13-15-19-32/h13-15,18-19,22,25,28-31,33-35,37-40,47H,12,16-17,20-21,23-24,26-27H2,1-11H3,(H,48,54)(H,49,55)(H,57,58)/t30-,31+,33-,34-,35+,37-,38-,39-,40+/m0/s1. The van der Waals surface area contributed by atoms with Crippen LogP contribution in [-0.4, -0.2) is 139 Å². The van der Waals surface area contributed by atoms with Gasteiger partial charge in [-0.05, 0) is 56.0 Å². The van der Waals surface area contributed by atoms with E-state index in [2.05, 4.69) is 20.9 Å². The maximum Gasteiger partial charge on any atom is 0.404 e. The van der Waals surface area contributed by atoms with Gasteiger partial charge in [0.25, 0.3) is 0 Å². The second-order valence-electron chi connectivity index (χ2n) is 17.2. The summed E-state index contributed by atoms with van der Waals surface area (Å²) in [6.07, 6.45) is 2.67. The van der Waals surface area contributed by atoms with Gasteiger partial charge in [-0.1, -0.05) is 85.2 Å². The normalized spacial score (nSPS) is 18.2. The summed E-state index contributed by atoms with van der Waals surface area (Å²) in [6.45, 7) is 14.8. The van der Waals surface area contributed by atoms with Gasteiger partial charge in [-0.15, -0.1) is 11.3 Å². The maximum atomic E-state index is 14.5. The van der Waals surface area contributed by atoms with Gasteiger partial charge in [0.05, 0.1) is 48.7 Å². The first kappa shape index (κ1) is 51.2. The molecule has 0 bridgehead atoms. The zero-order chi connectivity index (χ0) is 45.4. The van der Waals surface area contributed by atoms with Crippen LogP contribution in [0.3, 0.4) is 0 Å². The predicted octanol–water partition coefficient (Wildman–Crippen LogP) is 5.22. The molecule has 0 unspecified atom stereocenters. The second kappa shape index (κ2) is 25.1. The molecule has 0 aliphatic carbocycles. The smallest absolute Gasteiger partial charge is 0.404 e. The summed E-state index contributed by atoms with van der Waals surface area (Å²) in [5.74, 6) is -1.85. The van der Waals surface area contributed by atoms with Crippen LogP contribution in [0.2, 0.25) is 0 Å². The molecule has 0 spiro atoms. The number of carbonyl (C=O) groups is 5. The Morgan fingerprint density at radius 1 is 0.967 bits per heavy atom. The van der Waals surface area contributed by atoms with E-state index in [1.165, 1.54) is 11.3 Å². The van der Waals surface area contributed by atoms with Crippen molar-refractivity contribution in [3.63, 3.8) is 0 Å². The highest BCUT2D eigenvalue weighted by molar-refractivity contribution is 7.09. The van der Waals surface area contributed by atoms with Crippen LogP contribution in [0.25, 0.3) is 0 Å². The first-order valence-corrected chi connectivity index (χ1v) is 22.7. The van der Waals surface area contributed by atoms with Crippen molar-refractivity contribution in [2.24, 2.45) is 23.7 Å². The number of nitrogens with zero attached hydrogens (tertiary/aromatic N) is 4. The summed E-state index contributed by atoms with van der Waals surface area (Å²) in [5.41, 5.74) is 1.08. The number of methoxy groups -OCH3 is 2. The molecular weight excluding hydrogens is 799 g/mol. The van der Waals surface area contributed by atoms with E-state index in [1.54, 1.807) is 32.4 Å². The summed E-state index contributed by atoms with van der Waals surface area (Å²) < 4.78 is 12.1. The van der Waals surface area contributed by atoms with Crippen LogP contribution >= 0.6 is 11.3 Å². The van der Waals surface area contributed by atoms with E-state index in [1.807, 2.05) is 101 Å². The molecule has 0 radical (unpaired) electrons. The predicted molar refractivity (Wildman–Crippen MR) is 238 cm³/mol. The maximum absolute atomic E-state index is 14.5. The Morgan fingerprint density at radius 2 is 1.66 bits per heavy atom. The number of hydrogen-bond acceptors (Lipinski definition) is 10. The van der Waals surface area contributed by atoms with E-state index >= 15 is 0 Å². The number of ether oxygens (including phenoxy) is 2. The molecule has 1 aliphatic heterocycles. The van der Waals surface area contributed by atoms with Gasteiger partial charge in [0.1, 0.15) is 11.0 Å². The van der Waals surface area contributed by atoms with Gasteiger partial charge in [-0.2, -0.15) is 0 Å². The zero-order valence-electron chi connectivity index (χ0n) is 38.3. The Morgan fingerprint density at radius 3 is 2.21 bits per heavy atom. The Balaban J connectivity index is 1.77. The van der Waals surface area contributed by atoms with Crippen molar-refractivity contribution >= 4 is 41.1 Å². The Labute approximate surface area is 367 Å². The fourth-order valence-corrected chi connectivity index (χ4v) is 9.40. The van der Waals surface area contributed by atoms with Crippen LogP contribution in [-0.2, 0) is 35.1 Å². The van der Waals surface area contributed by atoms with Crippen molar-refractivity contribution in [3.8, 4) is 0 Å². The lowest BCUT2D eigenvalue weighted by Crippen LogP contribution is -2.60. The molecule has 5 amide bonds. The molecule has 3 rings (SSSR count). The van der Waals surface area contributed by atoms with Crippen LogP contribution in [0.1, 0.15) is 97.2 Å². The third-order valence-corrected chi connectivity index (χ3v) is 13.1. The van der Waals surface area contributed by atoms with Crippen molar-refractivity contribution in [2.75, 3.05) is 47.9 Å². The summed E-state index contributed by atoms with van der Waals surface area (Å²) in [7, 11) is 6.68. The first-order valence-electron chi connectivity index (χ1n) is 21.8. The fraction of sp³-hybridized carbons (Fsp3) is 0.689. The number of carboxylic acid groups (broad SMARTS) is 1. The lowest BCUT2D eigenvalue weighted by Gasteiger charge is -2.41. The van der Waals surface area contributed by atoms with E-state index in [0.29, 0.717) is 38.8 Å². The van der Waals surface area contributed by atoms with E-state index in [-0.39, 0.29) is 66.4 Å². The topological polar surface area (TPSA) is 183 Å². The monoisotopic (exact) mass is 872 g/mol. The van der Waals surface area contributed by atoms with E-state index in [9.17, 15) is 24.0 Å². The van der Waals surface area contributed by atoms with Gasteiger partial charge < -0.3 is 40.3 Å². The number of benzene rings is 1. The molecule has 1 saturated heterocycles. The Hall–Kier alpha value is -4.12. The number of rotatable bonds is 25. The number of likely N-dealkylation sites (tertiary alicyclic amines) is 1. The number of carbonyl (C=O) groups excluding carboxylic acids is 4. The van der Waals surface area contributed by atoms with Crippen LogP contribution in [0.15, 0.2) is 41.9 Å². The summed E-state index contributed by atoms with van der Waals surface area (Å²) in [5, 5.41) is 20.3. The van der Waals surface area contributed by atoms with Crippen LogP contribution in [0.4, 0.5) is 4.79 Å². The Bertz CT molecular complexity index is 1660. The average Bonchev–Trinajstić information content (AvgIpc) is 3.95. The van der Waals surface area contributed by atoms with Gasteiger partial charge in [-0.25, -0.2) is 9.78 Å². The minimum Gasteiger partial charge on any atom is -0.465 e. The number of aromatic nitrogens is 1. The van der Waals surface area contributed by atoms with Gasteiger partial charge >= 0.3 is 6.09 Å². The molecule has 0 saturated carbocycles. The van der Waals surface area contributed by atoms with Crippen LogP contribution in [0.5, 0.6) is 0 Å². The Kier molecular flexibility index (Phi) is 21.1. The third-order valence-electron chi connectivity index (χ3n) is 12.2. The molecule has 342 valence electrons. The SMILES string of the molecule is CC[C@H](C)[C@@H]([C@@H](CC(=O)N1CCC[C@H]1[C@H](OC)[C@@H](C)C(=O)N[C@@H](Cc1ccccc1)c1nccs1)OC)N(C)C(=O)[C@@H](NC(=O)[C@H](C(C)C)N(C)CCCNC(=O)O)C(C)C. The molecule has 2 aromatic rings. The van der Waals surface area contributed by atoms with Gasteiger partial charge in [-0.3, -0.25) is 24.1 Å². The number of likely N-dealkylation sites (N-methyl/N-ethyl adjacent to an activating group) is 2. The van der Waals surface area contributed by atoms with Crippen LogP contribution < -0.4 is 16.0 Å². The largest absolute Gasteiger partial charge is 0.465 e. The van der Waals surface area contributed by atoms with Crippen molar-refractivity contribution in [1.29, 1.82) is 0 Å². The molecule has 1 fully saturated rings. The molecule has 15 nitrogen and oxygen atoms in total. The second-order valence-corrected chi connectivity index (χ2v) is 18.1. The van der Waals surface area contributed by atoms with Crippen molar-refractivity contribution < 1.29 is 38.6 Å². The zero-order valence-corrected chi connectivity index (χ0v) is 39.1. The van der Waals surface area contributed by atoms with Gasteiger partial charge in [0.15, 0.2) is 0 Å². The minimum atomic E-state index is -1.10. The lowest BCUT2D eigenvalue weighted by atomic mass is 9.89. The molecule has 1 aromatic carbocycles. The molecule has 61 heavy (non-hydrogen) atoms. The minimum absolute atomic E-state index is 0.00942. The highest BCUT2D eigenvalue weighted by atomic mass is 32.1. The number of hydrogen-bond donors (Lipinski definition) is 4. The van der Waals surface area contributed by atoms with Crippen molar-refractivity contribution in [3.05, 3.63) is 52.5 Å². The van der Waals surface area contributed by atoms with Crippen molar-refractivity contribution in [2.45, 2.75) is 129 Å². The highest BCUT2D eigenvalue weighted by Crippen LogP contribution is 2.30. The third kappa shape index (κ3) is 14.5. The number of nitrogens with one attached hydrogen (secondary N) is 3.